The molecular weight excluding hydrogens is 220 g/mol. The number of benzene rings is 1. The maximum Gasteiger partial charge on any atom is 0.320 e. The van der Waals surface area contributed by atoms with Crippen LogP contribution in [0.5, 0.6) is 0 Å². The fourth-order valence-electron chi connectivity index (χ4n) is 1.11. The Labute approximate surface area is 99.4 Å². The summed E-state index contributed by atoms with van der Waals surface area (Å²) < 4.78 is 0. The Bertz CT molecular complexity index is 392. The molecule has 1 fully saturated rings. The molecule has 1 saturated carbocycles. The summed E-state index contributed by atoms with van der Waals surface area (Å²) in [5, 5.41) is 8.52. The van der Waals surface area contributed by atoms with E-state index in [-0.39, 0.29) is 11.8 Å². The fraction of sp³-hybridized carbons (Fsp3) is 0.333. The molecule has 0 radical (unpaired) electrons. The smallest absolute Gasteiger partial charge is 0.320 e. The average molecular weight is 236 g/mol. The Morgan fingerprint density at radius 2 is 1.88 bits per heavy atom. The number of hydrogen-bond donors (Lipinski definition) is 3. The predicted molar refractivity (Wildman–Crippen MR) is 63.4 cm³/mol. The number of rotatable bonds is 3. The van der Waals surface area contributed by atoms with Crippen LogP contribution in [0.15, 0.2) is 30.3 Å². The molecule has 0 bridgehead atoms. The summed E-state index contributed by atoms with van der Waals surface area (Å²) in [6, 6.07) is 8.46. The van der Waals surface area contributed by atoms with Gasteiger partial charge in [-0.05, 0) is 12.0 Å². The first-order valence-electron chi connectivity index (χ1n) is 5.31. The highest BCUT2D eigenvalue weighted by Gasteiger charge is 2.29. The van der Waals surface area contributed by atoms with E-state index in [0.717, 1.165) is 5.56 Å². The van der Waals surface area contributed by atoms with E-state index in [2.05, 4.69) is 0 Å². The van der Waals surface area contributed by atoms with Crippen LogP contribution in [-0.4, -0.2) is 28.9 Å². The Morgan fingerprint density at radius 3 is 2.24 bits per heavy atom. The highest BCUT2D eigenvalue weighted by atomic mass is 16.4. The van der Waals surface area contributed by atoms with Crippen molar-refractivity contribution in [2.24, 2.45) is 11.5 Å². The molecule has 1 aliphatic carbocycles. The first kappa shape index (κ1) is 13.3. The van der Waals surface area contributed by atoms with Gasteiger partial charge in [0.05, 0.1) is 6.04 Å². The van der Waals surface area contributed by atoms with Gasteiger partial charge in [-0.2, -0.15) is 0 Å². The van der Waals surface area contributed by atoms with E-state index in [0.29, 0.717) is 12.8 Å². The van der Waals surface area contributed by atoms with Crippen LogP contribution in [0.25, 0.3) is 0 Å². The second-order valence-corrected chi connectivity index (χ2v) is 3.91. The van der Waals surface area contributed by atoms with Crippen molar-refractivity contribution in [3.8, 4) is 0 Å². The van der Waals surface area contributed by atoms with Crippen molar-refractivity contribution >= 4 is 11.8 Å². The number of nitrogens with two attached hydrogens (primary N) is 2. The third-order valence-electron chi connectivity index (χ3n) is 2.29. The molecule has 0 aliphatic heterocycles. The maximum absolute atomic E-state index is 10.4. The summed E-state index contributed by atoms with van der Waals surface area (Å²) in [5.74, 6) is -0.760. The van der Waals surface area contributed by atoms with E-state index in [1.165, 1.54) is 0 Å². The van der Waals surface area contributed by atoms with E-state index >= 15 is 0 Å². The molecule has 0 amide bonds. The number of carboxylic acid groups (broad SMARTS) is 1. The average Bonchev–Trinajstić information content (AvgIpc) is 2.94. The quantitative estimate of drug-likeness (QED) is 0.681. The van der Waals surface area contributed by atoms with Gasteiger partial charge < -0.3 is 16.6 Å². The van der Waals surface area contributed by atoms with E-state index in [1.807, 2.05) is 30.3 Å². The molecule has 0 aromatic heterocycles. The SMILES string of the molecule is NC1CC1=O.N[C@@H](Cc1ccccc1)C(=O)O. The summed E-state index contributed by atoms with van der Waals surface area (Å²) in [6.45, 7) is 0. The minimum atomic E-state index is -0.959. The van der Waals surface area contributed by atoms with Crippen LogP contribution in [0, 0.1) is 0 Å². The summed E-state index contributed by atoms with van der Waals surface area (Å²) in [5.41, 5.74) is 11.3. The molecule has 1 aromatic carbocycles. The Kier molecular flexibility index (Phi) is 4.81. The molecule has 0 heterocycles. The third kappa shape index (κ3) is 5.24. The van der Waals surface area contributed by atoms with Crippen molar-refractivity contribution in [1.29, 1.82) is 0 Å². The normalized spacial score (nSPS) is 18.9. The summed E-state index contributed by atoms with van der Waals surface area (Å²) in [7, 11) is 0. The fourth-order valence-corrected chi connectivity index (χ4v) is 1.11. The van der Waals surface area contributed by atoms with Crippen LogP contribution in [0.1, 0.15) is 12.0 Å². The van der Waals surface area contributed by atoms with E-state index in [1.54, 1.807) is 0 Å². The van der Waals surface area contributed by atoms with Gasteiger partial charge >= 0.3 is 5.97 Å². The van der Waals surface area contributed by atoms with Crippen LogP contribution in [0.2, 0.25) is 0 Å². The zero-order valence-corrected chi connectivity index (χ0v) is 9.37. The van der Waals surface area contributed by atoms with Crippen molar-refractivity contribution in [1.82, 2.24) is 0 Å². The number of hydrogen-bond acceptors (Lipinski definition) is 4. The van der Waals surface area contributed by atoms with Gasteiger partial charge in [0.2, 0.25) is 0 Å². The first-order valence-corrected chi connectivity index (χ1v) is 5.31. The Morgan fingerprint density at radius 1 is 1.41 bits per heavy atom. The lowest BCUT2D eigenvalue weighted by atomic mass is 10.1. The van der Waals surface area contributed by atoms with Crippen LogP contribution in [0.3, 0.4) is 0 Å². The van der Waals surface area contributed by atoms with Gasteiger partial charge in [0, 0.05) is 6.42 Å². The second kappa shape index (κ2) is 6.12. The summed E-state index contributed by atoms with van der Waals surface area (Å²) in [4.78, 5) is 20.1. The molecule has 1 aliphatic rings. The van der Waals surface area contributed by atoms with Gasteiger partial charge in [-0.1, -0.05) is 30.3 Å². The predicted octanol–water partition coefficient (Wildman–Crippen LogP) is -0.0725. The second-order valence-electron chi connectivity index (χ2n) is 3.91. The first-order chi connectivity index (χ1) is 8.00. The summed E-state index contributed by atoms with van der Waals surface area (Å²) >= 11 is 0. The van der Waals surface area contributed by atoms with Gasteiger partial charge in [-0.25, -0.2) is 0 Å². The zero-order valence-electron chi connectivity index (χ0n) is 9.37. The number of carbonyl (C=O) groups excluding carboxylic acids is 1. The van der Waals surface area contributed by atoms with E-state index in [9.17, 15) is 9.59 Å². The van der Waals surface area contributed by atoms with Crippen molar-refractivity contribution in [2.75, 3.05) is 0 Å². The molecule has 1 unspecified atom stereocenters. The minimum Gasteiger partial charge on any atom is -0.480 e. The van der Waals surface area contributed by atoms with Crippen molar-refractivity contribution in [3.05, 3.63) is 35.9 Å². The number of aliphatic carboxylic acids is 1. The number of Topliss-reactive ketones (excluding diaryl/α,β-unsaturated/α-hetero) is 1. The van der Waals surface area contributed by atoms with E-state index in [4.69, 9.17) is 16.6 Å². The van der Waals surface area contributed by atoms with Gasteiger partial charge in [0.1, 0.15) is 6.04 Å². The van der Waals surface area contributed by atoms with E-state index < -0.39 is 12.0 Å². The maximum atomic E-state index is 10.4. The monoisotopic (exact) mass is 236 g/mol. The summed E-state index contributed by atoms with van der Waals surface area (Å²) in [6.07, 6.45) is 0.996. The molecule has 92 valence electrons. The molecule has 0 spiro atoms. The number of ketones is 1. The van der Waals surface area contributed by atoms with Crippen LogP contribution < -0.4 is 11.5 Å². The molecule has 2 rings (SSSR count). The van der Waals surface area contributed by atoms with Gasteiger partial charge in [-0.15, -0.1) is 0 Å². The molecule has 2 atom stereocenters. The van der Waals surface area contributed by atoms with Crippen LogP contribution >= 0.6 is 0 Å². The molecule has 1 aromatic rings. The van der Waals surface area contributed by atoms with Gasteiger partial charge in [-0.3, -0.25) is 9.59 Å². The van der Waals surface area contributed by atoms with Crippen molar-refractivity contribution in [2.45, 2.75) is 24.9 Å². The lowest BCUT2D eigenvalue weighted by molar-refractivity contribution is -0.138. The highest BCUT2D eigenvalue weighted by molar-refractivity contribution is 5.99. The topological polar surface area (TPSA) is 106 Å². The Hall–Kier alpha value is -1.72. The van der Waals surface area contributed by atoms with Crippen molar-refractivity contribution < 1.29 is 14.7 Å². The third-order valence-corrected chi connectivity index (χ3v) is 2.29. The van der Waals surface area contributed by atoms with Crippen molar-refractivity contribution in [3.63, 3.8) is 0 Å². The lowest BCUT2D eigenvalue weighted by Crippen LogP contribution is -2.32. The number of carboxylic acids is 1. The van der Waals surface area contributed by atoms with Crippen LogP contribution in [-0.2, 0) is 16.0 Å². The lowest BCUT2D eigenvalue weighted by Gasteiger charge is -2.04. The molecule has 0 saturated heterocycles. The standard InChI is InChI=1S/C9H11NO2.C3H5NO/c10-8(9(11)12)6-7-4-2-1-3-5-7;4-2-1-3(2)5/h1-5,8H,6,10H2,(H,11,12);2H,1,4H2/t8-;/m0./s1. The molecule has 5 heteroatoms. The highest BCUT2D eigenvalue weighted by Crippen LogP contribution is 2.07. The van der Waals surface area contributed by atoms with Gasteiger partial charge in [0.15, 0.2) is 5.78 Å². The molecular formula is C12H16N2O3. The largest absolute Gasteiger partial charge is 0.480 e. The molecule has 17 heavy (non-hydrogen) atoms. The zero-order chi connectivity index (χ0) is 12.8. The molecule has 5 N–H and O–H groups in total. The number of carbonyl (C=O) groups is 2. The Balaban J connectivity index is 0.000000239. The van der Waals surface area contributed by atoms with Gasteiger partial charge in [0.25, 0.3) is 0 Å². The molecule has 5 nitrogen and oxygen atoms in total. The minimum absolute atomic E-state index is 0.0880. The van der Waals surface area contributed by atoms with Crippen LogP contribution in [0.4, 0.5) is 0 Å².